The van der Waals surface area contributed by atoms with Gasteiger partial charge in [-0.05, 0) is 38.1 Å². The number of anilines is 1. The van der Waals surface area contributed by atoms with Crippen molar-refractivity contribution in [1.82, 2.24) is 9.97 Å². The van der Waals surface area contributed by atoms with E-state index in [9.17, 15) is 0 Å². The van der Waals surface area contributed by atoms with Gasteiger partial charge in [0.15, 0.2) is 17.6 Å². The number of hydrogen-bond acceptors (Lipinski definition) is 7. The minimum atomic E-state index is -0.660. The largest absolute Gasteiger partial charge is 0.463 e. The molecular weight excluding hydrogens is 356 g/mol. The molecule has 7 nitrogen and oxygen atoms in total. The zero-order chi connectivity index (χ0) is 19.1. The van der Waals surface area contributed by atoms with Crippen LogP contribution in [0, 0.1) is 0 Å². The van der Waals surface area contributed by atoms with E-state index in [0.717, 1.165) is 16.7 Å². The summed E-state index contributed by atoms with van der Waals surface area (Å²) in [5.74, 6) is -0.197. The van der Waals surface area contributed by atoms with Crippen molar-refractivity contribution in [1.29, 1.82) is 0 Å². The highest BCUT2D eigenvalue weighted by molar-refractivity contribution is 6.08. The third-order valence-corrected chi connectivity index (χ3v) is 4.74. The summed E-state index contributed by atoms with van der Waals surface area (Å²) in [5, 5.41) is 4.62. The second kappa shape index (κ2) is 6.54. The topological polar surface area (TPSA) is 77.9 Å². The van der Waals surface area contributed by atoms with Crippen molar-refractivity contribution >= 4 is 22.4 Å². The number of hydrogen-bond donors (Lipinski definition) is 1. The molecule has 2 aliphatic rings. The molecule has 1 fully saturated rings. The summed E-state index contributed by atoms with van der Waals surface area (Å²) in [5.41, 5.74) is 6.82. The Hall–Kier alpha value is -3.03. The second-order valence-corrected chi connectivity index (χ2v) is 7.25. The Kier molecular flexibility index (Phi) is 3.99. The summed E-state index contributed by atoms with van der Waals surface area (Å²) in [6.07, 6.45) is -0.754. The lowest BCUT2D eigenvalue weighted by Crippen LogP contribution is -2.38. The van der Waals surface area contributed by atoms with E-state index in [0.29, 0.717) is 23.9 Å². The van der Waals surface area contributed by atoms with Crippen molar-refractivity contribution in [3.63, 3.8) is 0 Å². The number of nitrogens with one attached hydrogen (secondary N) is 1. The Morgan fingerprint density at radius 3 is 2.43 bits per heavy atom. The fraction of sp³-hybridized carbons (Fsp3) is 0.286. The van der Waals surface area contributed by atoms with Crippen LogP contribution in [0.1, 0.15) is 19.5 Å². The molecule has 0 radical (unpaired) electrons. The van der Waals surface area contributed by atoms with Crippen molar-refractivity contribution in [2.45, 2.75) is 31.8 Å². The van der Waals surface area contributed by atoms with Crippen molar-refractivity contribution in [2.24, 2.45) is 5.10 Å². The van der Waals surface area contributed by atoms with E-state index in [-0.39, 0.29) is 6.10 Å². The van der Waals surface area contributed by atoms with E-state index in [1.165, 1.54) is 0 Å². The molecule has 3 aromatic rings. The van der Waals surface area contributed by atoms with Crippen LogP contribution in [0.3, 0.4) is 0 Å². The van der Waals surface area contributed by atoms with Gasteiger partial charge in [0.05, 0.1) is 23.3 Å². The van der Waals surface area contributed by atoms with Gasteiger partial charge in [-0.2, -0.15) is 5.10 Å². The van der Waals surface area contributed by atoms with Crippen LogP contribution in [-0.4, -0.2) is 40.3 Å². The number of ether oxygens (including phenoxy) is 3. The lowest BCUT2D eigenvalue weighted by Gasteiger charge is -2.20. The van der Waals surface area contributed by atoms with Crippen LogP contribution in [0.5, 0.6) is 5.88 Å². The molecule has 2 atom stereocenters. The maximum Gasteiger partial charge on any atom is 0.243 e. The van der Waals surface area contributed by atoms with Crippen molar-refractivity contribution < 1.29 is 14.2 Å². The first-order valence-corrected chi connectivity index (χ1v) is 9.23. The Morgan fingerprint density at radius 1 is 1.00 bits per heavy atom. The highest BCUT2D eigenvalue weighted by atomic mass is 16.7. The number of fused-ring (bicyclic) bond motifs is 2. The van der Waals surface area contributed by atoms with E-state index < -0.39 is 11.9 Å². The standard InChI is InChI=1S/C21H20N4O3/c1-21(2)26-12-16(28-21)19-17(25-24-13-8-4-3-5-9-13)18-20(27-19)23-15-11-7-6-10-14(15)22-18/h3-11,16,19,24H,12H2,1-2H3/b25-17+/t16-,19+/m0/s1. The summed E-state index contributed by atoms with van der Waals surface area (Å²) in [6, 6.07) is 17.4. The second-order valence-electron chi connectivity index (χ2n) is 7.25. The van der Waals surface area contributed by atoms with Gasteiger partial charge in [-0.25, -0.2) is 9.97 Å². The molecule has 0 amide bonds. The van der Waals surface area contributed by atoms with E-state index in [1.807, 2.05) is 68.4 Å². The van der Waals surface area contributed by atoms with E-state index in [2.05, 4.69) is 15.5 Å². The molecule has 3 heterocycles. The molecule has 5 rings (SSSR count). The molecular formula is C21H20N4O3. The van der Waals surface area contributed by atoms with Crippen LogP contribution in [0.25, 0.3) is 11.0 Å². The predicted molar refractivity (Wildman–Crippen MR) is 105 cm³/mol. The predicted octanol–water partition coefficient (Wildman–Crippen LogP) is 3.36. The van der Waals surface area contributed by atoms with Crippen molar-refractivity contribution in [2.75, 3.05) is 12.0 Å². The maximum absolute atomic E-state index is 6.14. The van der Waals surface area contributed by atoms with Gasteiger partial charge in [0.2, 0.25) is 5.88 Å². The van der Waals surface area contributed by atoms with E-state index in [4.69, 9.17) is 19.2 Å². The molecule has 1 N–H and O–H groups in total. The van der Waals surface area contributed by atoms with Crippen LogP contribution in [0.2, 0.25) is 0 Å². The SMILES string of the molecule is CC1(C)OC[C@@H]([C@H]2Oc3nc4ccccc4nc3/C2=N\Nc2ccccc2)O1. The summed E-state index contributed by atoms with van der Waals surface area (Å²) >= 11 is 0. The number of benzene rings is 2. The number of hydrazone groups is 1. The lowest BCUT2D eigenvalue weighted by atomic mass is 10.1. The quantitative estimate of drug-likeness (QED) is 0.707. The van der Waals surface area contributed by atoms with Gasteiger partial charge in [0.1, 0.15) is 11.8 Å². The summed E-state index contributed by atoms with van der Waals surface area (Å²) < 4.78 is 17.9. The highest BCUT2D eigenvalue weighted by Gasteiger charge is 2.46. The number of nitrogens with zero attached hydrogens (tertiary/aromatic N) is 3. The molecule has 7 heteroatoms. The third-order valence-electron chi connectivity index (χ3n) is 4.74. The fourth-order valence-electron chi connectivity index (χ4n) is 3.41. The average Bonchev–Trinajstić information content (AvgIpc) is 3.24. The molecule has 0 saturated carbocycles. The Morgan fingerprint density at radius 2 is 1.71 bits per heavy atom. The molecule has 1 saturated heterocycles. The highest BCUT2D eigenvalue weighted by Crippen LogP contribution is 2.34. The Labute approximate surface area is 162 Å². The van der Waals surface area contributed by atoms with Gasteiger partial charge in [-0.1, -0.05) is 30.3 Å². The van der Waals surface area contributed by atoms with Gasteiger partial charge < -0.3 is 14.2 Å². The minimum Gasteiger partial charge on any atom is -0.463 e. The smallest absolute Gasteiger partial charge is 0.243 e. The Bertz CT molecular complexity index is 1050. The number of para-hydroxylation sites is 3. The molecule has 142 valence electrons. The first-order valence-electron chi connectivity index (χ1n) is 9.23. The monoisotopic (exact) mass is 376 g/mol. The maximum atomic E-state index is 6.14. The van der Waals surface area contributed by atoms with Crippen LogP contribution in [-0.2, 0) is 9.47 Å². The fourth-order valence-corrected chi connectivity index (χ4v) is 3.41. The zero-order valence-electron chi connectivity index (χ0n) is 15.6. The normalized spacial score (nSPS) is 24.3. The van der Waals surface area contributed by atoms with E-state index >= 15 is 0 Å². The molecule has 0 bridgehead atoms. The van der Waals surface area contributed by atoms with E-state index in [1.54, 1.807) is 0 Å². The van der Waals surface area contributed by atoms with Crippen molar-refractivity contribution in [3.05, 3.63) is 60.3 Å². The summed E-state index contributed by atoms with van der Waals surface area (Å²) in [7, 11) is 0. The van der Waals surface area contributed by atoms with Gasteiger partial charge in [-0.15, -0.1) is 0 Å². The van der Waals surface area contributed by atoms with Gasteiger partial charge in [0, 0.05) is 0 Å². The third kappa shape index (κ3) is 3.08. The molecule has 28 heavy (non-hydrogen) atoms. The molecule has 1 aromatic heterocycles. The Balaban J connectivity index is 1.55. The van der Waals surface area contributed by atoms with Gasteiger partial charge in [0.25, 0.3) is 0 Å². The van der Waals surface area contributed by atoms with Crippen LogP contribution in [0.4, 0.5) is 5.69 Å². The minimum absolute atomic E-state index is 0.301. The summed E-state index contributed by atoms with van der Waals surface area (Å²) in [6.45, 7) is 4.19. The molecule has 2 aliphatic heterocycles. The zero-order valence-corrected chi connectivity index (χ0v) is 15.6. The molecule has 0 spiro atoms. The number of rotatable bonds is 3. The molecule has 0 aliphatic carbocycles. The lowest BCUT2D eigenvalue weighted by molar-refractivity contribution is -0.144. The average molecular weight is 376 g/mol. The summed E-state index contributed by atoms with van der Waals surface area (Å²) in [4.78, 5) is 9.38. The van der Waals surface area contributed by atoms with Crippen LogP contribution < -0.4 is 10.2 Å². The van der Waals surface area contributed by atoms with Crippen molar-refractivity contribution in [3.8, 4) is 5.88 Å². The first kappa shape index (κ1) is 17.1. The van der Waals surface area contributed by atoms with Crippen LogP contribution in [0.15, 0.2) is 59.7 Å². The van der Waals surface area contributed by atoms with Crippen LogP contribution >= 0.6 is 0 Å². The molecule has 2 aromatic carbocycles. The molecule has 0 unspecified atom stereocenters. The van der Waals surface area contributed by atoms with Gasteiger partial charge in [-0.3, -0.25) is 5.43 Å². The number of aromatic nitrogens is 2. The van der Waals surface area contributed by atoms with Gasteiger partial charge >= 0.3 is 0 Å². The first-order chi connectivity index (χ1) is 13.6.